The average molecular weight is 581 g/mol. The molecule has 0 unspecified atom stereocenters. The summed E-state index contributed by atoms with van der Waals surface area (Å²) in [6.07, 6.45) is 7.65. The number of rotatable bonds is 8. The second-order valence-electron chi connectivity index (χ2n) is 10.8. The fourth-order valence-electron chi connectivity index (χ4n) is 5.36. The molecule has 0 atom stereocenters. The van der Waals surface area contributed by atoms with Gasteiger partial charge in [-0.05, 0) is 66.5 Å². The SMILES string of the molecule is N/C=C(\C=C(/C=C1CC1)NC(=O)Cc1ccccc1)c1ccc2[nH]nc(-c3cc4c(-c5ccccc5F)cccc4[nH]3)c2n1. The second kappa shape index (κ2) is 11.5. The van der Waals surface area contributed by atoms with Gasteiger partial charge in [-0.25, -0.2) is 9.37 Å². The Morgan fingerprint density at radius 1 is 0.932 bits per heavy atom. The van der Waals surface area contributed by atoms with Crippen LogP contribution in [0.4, 0.5) is 4.39 Å². The molecule has 7 rings (SSSR count). The third-order valence-electron chi connectivity index (χ3n) is 7.67. The van der Waals surface area contributed by atoms with E-state index in [9.17, 15) is 9.18 Å². The largest absolute Gasteiger partial charge is 0.404 e. The van der Waals surface area contributed by atoms with E-state index < -0.39 is 0 Å². The quantitative estimate of drug-likeness (QED) is 0.143. The van der Waals surface area contributed by atoms with E-state index in [4.69, 9.17) is 10.7 Å². The molecule has 0 spiro atoms. The number of nitrogens with zero attached hydrogens (tertiary/aromatic N) is 2. The molecule has 216 valence electrons. The van der Waals surface area contributed by atoms with Gasteiger partial charge in [0.2, 0.25) is 5.91 Å². The number of hydrogen-bond donors (Lipinski definition) is 4. The van der Waals surface area contributed by atoms with Crippen molar-refractivity contribution < 1.29 is 9.18 Å². The van der Waals surface area contributed by atoms with E-state index in [0.29, 0.717) is 33.7 Å². The first-order valence-corrected chi connectivity index (χ1v) is 14.4. The third kappa shape index (κ3) is 5.53. The van der Waals surface area contributed by atoms with Crippen LogP contribution >= 0.6 is 0 Å². The van der Waals surface area contributed by atoms with Gasteiger partial charge in [-0.15, -0.1) is 0 Å². The summed E-state index contributed by atoms with van der Waals surface area (Å²) in [6.45, 7) is 0. The Balaban J connectivity index is 1.23. The molecule has 1 aliphatic rings. The molecule has 0 bridgehead atoms. The molecule has 0 aliphatic heterocycles. The van der Waals surface area contributed by atoms with Crippen LogP contribution in [0.2, 0.25) is 0 Å². The van der Waals surface area contributed by atoms with Crippen LogP contribution in [0.25, 0.3) is 50.0 Å². The van der Waals surface area contributed by atoms with Gasteiger partial charge in [-0.2, -0.15) is 5.10 Å². The van der Waals surface area contributed by atoms with Crippen LogP contribution < -0.4 is 11.1 Å². The van der Waals surface area contributed by atoms with Gasteiger partial charge in [0, 0.05) is 33.9 Å². The van der Waals surface area contributed by atoms with Gasteiger partial charge in [-0.3, -0.25) is 9.89 Å². The lowest BCUT2D eigenvalue weighted by Gasteiger charge is -2.09. The highest BCUT2D eigenvalue weighted by molar-refractivity contribution is 6.00. The summed E-state index contributed by atoms with van der Waals surface area (Å²) < 4.78 is 14.7. The number of hydrogen-bond acceptors (Lipinski definition) is 4. The number of aromatic amines is 2. The second-order valence-corrected chi connectivity index (χ2v) is 10.8. The Labute approximate surface area is 253 Å². The predicted molar refractivity (Wildman–Crippen MR) is 172 cm³/mol. The maximum atomic E-state index is 14.7. The summed E-state index contributed by atoms with van der Waals surface area (Å²) in [5.74, 6) is -0.383. The van der Waals surface area contributed by atoms with Crippen LogP contribution in [0.15, 0.2) is 121 Å². The number of H-pyrrole nitrogens is 2. The zero-order valence-electron chi connectivity index (χ0n) is 23.8. The minimum absolute atomic E-state index is 0.106. The number of halogens is 1. The number of pyridine rings is 1. The molecule has 0 saturated heterocycles. The molecule has 1 amide bonds. The predicted octanol–water partition coefficient (Wildman–Crippen LogP) is 7.17. The van der Waals surface area contributed by atoms with E-state index in [1.807, 2.05) is 84.9 Å². The summed E-state index contributed by atoms with van der Waals surface area (Å²) in [6, 6.07) is 27.9. The molecule has 3 aromatic heterocycles. The van der Waals surface area contributed by atoms with Crippen molar-refractivity contribution in [1.82, 2.24) is 25.5 Å². The average Bonchev–Trinajstić information content (AvgIpc) is 3.58. The van der Waals surface area contributed by atoms with Crippen molar-refractivity contribution >= 4 is 33.4 Å². The lowest BCUT2D eigenvalue weighted by Crippen LogP contribution is -2.24. The van der Waals surface area contributed by atoms with Crippen LogP contribution in [-0.2, 0) is 11.2 Å². The fraction of sp³-hybridized carbons (Fsp3) is 0.0833. The number of aromatic nitrogens is 4. The molecule has 5 N–H and O–H groups in total. The maximum absolute atomic E-state index is 14.7. The molecular weight excluding hydrogens is 551 g/mol. The molecule has 6 aromatic rings. The van der Waals surface area contributed by atoms with Crippen LogP contribution in [0.5, 0.6) is 0 Å². The van der Waals surface area contributed by atoms with Crippen molar-refractivity contribution in [3.05, 3.63) is 138 Å². The maximum Gasteiger partial charge on any atom is 0.228 e. The van der Waals surface area contributed by atoms with Gasteiger partial charge in [0.05, 0.1) is 23.3 Å². The van der Waals surface area contributed by atoms with Crippen molar-refractivity contribution in [3.63, 3.8) is 0 Å². The van der Waals surface area contributed by atoms with E-state index >= 15 is 0 Å². The number of allylic oxidation sites excluding steroid dienone is 4. The van der Waals surface area contributed by atoms with Gasteiger partial charge < -0.3 is 16.0 Å². The standard InChI is InChI=1S/C36H29FN6O/c37-29-11-5-4-9-27(29)26-10-6-12-31-28(26)20-33(40-31)36-35-32(42-43-36)16-15-30(41-35)24(21-38)19-25(17-23-13-14-23)39-34(44)18-22-7-2-1-3-8-22/h1-12,15-17,19-21,40H,13-14,18,38H2,(H,39,44)(H,42,43)/b24-21+,25-19+. The lowest BCUT2D eigenvalue weighted by molar-refractivity contribution is -0.119. The van der Waals surface area contributed by atoms with E-state index in [1.54, 1.807) is 12.1 Å². The number of carbonyl (C=O) groups is 1. The molecule has 0 radical (unpaired) electrons. The Kier molecular flexibility index (Phi) is 7.08. The first-order valence-electron chi connectivity index (χ1n) is 14.4. The molecule has 1 fully saturated rings. The van der Waals surface area contributed by atoms with E-state index in [0.717, 1.165) is 46.1 Å². The molecule has 8 heteroatoms. The molecule has 7 nitrogen and oxygen atoms in total. The zero-order chi connectivity index (χ0) is 30.0. The lowest BCUT2D eigenvalue weighted by atomic mass is 10.0. The zero-order valence-corrected chi connectivity index (χ0v) is 23.8. The van der Waals surface area contributed by atoms with E-state index in [2.05, 4.69) is 20.5 Å². The highest BCUT2D eigenvalue weighted by atomic mass is 19.1. The Hall–Kier alpha value is -5.76. The number of carbonyl (C=O) groups excluding carboxylic acids is 1. The number of fused-ring (bicyclic) bond motifs is 2. The van der Waals surface area contributed by atoms with Gasteiger partial charge in [0.25, 0.3) is 0 Å². The number of nitrogens with two attached hydrogens (primary N) is 1. The Morgan fingerprint density at radius 2 is 1.73 bits per heavy atom. The minimum atomic E-state index is -0.276. The third-order valence-corrected chi connectivity index (χ3v) is 7.67. The summed E-state index contributed by atoms with van der Waals surface area (Å²) in [5.41, 5.74) is 15.3. The van der Waals surface area contributed by atoms with Crippen molar-refractivity contribution in [2.24, 2.45) is 5.73 Å². The van der Waals surface area contributed by atoms with Crippen LogP contribution in [0, 0.1) is 5.82 Å². The highest BCUT2D eigenvalue weighted by Crippen LogP contribution is 2.35. The Morgan fingerprint density at radius 3 is 2.52 bits per heavy atom. The first-order chi connectivity index (χ1) is 21.6. The summed E-state index contributed by atoms with van der Waals surface area (Å²) in [5, 5.41) is 11.6. The summed E-state index contributed by atoms with van der Waals surface area (Å²) in [4.78, 5) is 21.3. The molecule has 1 aliphatic carbocycles. The van der Waals surface area contributed by atoms with E-state index in [1.165, 1.54) is 17.8 Å². The topological polar surface area (TPSA) is 112 Å². The number of nitrogens with one attached hydrogen (secondary N) is 3. The van der Waals surface area contributed by atoms with Crippen molar-refractivity contribution in [3.8, 4) is 22.5 Å². The van der Waals surface area contributed by atoms with Gasteiger partial charge in [0.15, 0.2) is 0 Å². The molecule has 1 saturated carbocycles. The molecule has 3 heterocycles. The first kappa shape index (κ1) is 27.1. The normalized spacial score (nSPS) is 13.4. The van der Waals surface area contributed by atoms with Crippen molar-refractivity contribution in [2.75, 3.05) is 0 Å². The summed E-state index contributed by atoms with van der Waals surface area (Å²) in [7, 11) is 0. The smallest absolute Gasteiger partial charge is 0.228 e. The monoisotopic (exact) mass is 580 g/mol. The van der Waals surface area contributed by atoms with Gasteiger partial charge in [-0.1, -0.05) is 66.2 Å². The number of amides is 1. The molecule has 44 heavy (non-hydrogen) atoms. The van der Waals surface area contributed by atoms with Crippen LogP contribution in [0.3, 0.4) is 0 Å². The van der Waals surface area contributed by atoms with Crippen LogP contribution in [0.1, 0.15) is 24.1 Å². The summed E-state index contributed by atoms with van der Waals surface area (Å²) >= 11 is 0. The van der Waals surface area contributed by atoms with Crippen LogP contribution in [-0.4, -0.2) is 26.1 Å². The molecular formula is C36H29FN6O. The van der Waals surface area contributed by atoms with Crippen molar-refractivity contribution in [2.45, 2.75) is 19.3 Å². The van der Waals surface area contributed by atoms with Crippen molar-refractivity contribution in [1.29, 1.82) is 0 Å². The molecule has 3 aromatic carbocycles. The number of benzene rings is 3. The minimum Gasteiger partial charge on any atom is -0.404 e. The van der Waals surface area contributed by atoms with E-state index in [-0.39, 0.29) is 18.1 Å². The van der Waals surface area contributed by atoms with Gasteiger partial charge in [0.1, 0.15) is 17.0 Å². The fourth-order valence-corrected chi connectivity index (χ4v) is 5.36. The van der Waals surface area contributed by atoms with Gasteiger partial charge >= 0.3 is 0 Å². The highest BCUT2D eigenvalue weighted by Gasteiger charge is 2.18. The Bertz CT molecular complexity index is 2110.